The number of unbranched alkanes of at least 4 members (excludes halogenated alkanes) is 1. The molecule has 0 fully saturated rings. The molecule has 1 aromatic carbocycles. The number of halogens is 2. The topological polar surface area (TPSA) is 70.0 Å². The summed E-state index contributed by atoms with van der Waals surface area (Å²) in [5.41, 5.74) is 0.766. The quantitative estimate of drug-likeness (QED) is 0.553. The lowest BCUT2D eigenvalue weighted by Gasteiger charge is -2.15. The largest absolute Gasteiger partial charge is 0.355 e. The first-order valence-corrected chi connectivity index (χ1v) is 8.35. The van der Waals surface area contributed by atoms with Crippen LogP contribution < -0.4 is 5.32 Å². The number of Topliss-reactive ketones (excluding diaryl/α,β-unsaturated/α-hetero) is 1. The molecule has 0 radical (unpaired) electrons. The Labute approximate surface area is 144 Å². The number of benzene rings is 1. The number of carbonyl (C=O) groups is 2. The van der Waals surface area contributed by atoms with Gasteiger partial charge in [0.1, 0.15) is 5.82 Å². The van der Waals surface area contributed by atoms with E-state index in [1.165, 1.54) is 6.07 Å². The summed E-state index contributed by atoms with van der Waals surface area (Å²) in [4.78, 5) is 24.3. The Balaban J connectivity index is 2.71. The summed E-state index contributed by atoms with van der Waals surface area (Å²) in [5, 5.41) is 11.7. The fourth-order valence-corrected chi connectivity index (χ4v) is 2.57. The van der Waals surface area contributed by atoms with E-state index >= 15 is 0 Å². The van der Waals surface area contributed by atoms with Gasteiger partial charge in [-0.1, -0.05) is 26.3 Å². The Bertz CT molecular complexity index is 613. The van der Waals surface area contributed by atoms with Crippen molar-refractivity contribution in [1.82, 2.24) is 5.32 Å². The summed E-state index contributed by atoms with van der Waals surface area (Å²) in [7, 11) is 0. The van der Waals surface area contributed by atoms with E-state index in [9.17, 15) is 14.0 Å². The zero-order valence-electron chi connectivity index (χ0n) is 13.2. The number of nitrogens with zero attached hydrogens (tertiary/aromatic N) is 1. The third-order valence-corrected chi connectivity index (χ3v) is 4.12. The molecule has 0 bridgehead atoms. The molecule has 23 heavy (non-hydrogen) atoms. The third kappa shape index (κ3) is 5.76. The molecule has 6 heteroatoms. The number of hydrogen-bond donors (Lipinski definition) is 1. The van der Waals surface area contributed by atoms with Crippen LogP contribution in [-0.4, -0.2) is 18.2 Å². The van der Waals surface area contributed by atoms with Crippen molar-refractivity contribution in [3.8, 4) is 6.07 Å². The standard InChI is InChI=1S/C17H20BrFN2O2/c1-3-4-7-21-17(23)13(10-20)16(22)11(2)8-12-5-6-15(19)14(18)9-12/h5-6,9,11,13H,3-4,7-8H2,1-2H3,(H,21,23)/t11-,13-/m0/s1. The lowest BCUT2D eigenvalue weighted by molar-refractivity contribution is -0.133. The van der Waals surface area contributed by atoms with Crippen LogP contribution in [0.2, 0.25) is 0 Å². The van der Waals surface area contributed by atoms with Gasteiger partial charge in [0.15, 0.2) is 11.7 Å². The Hall–Kier alpha value is -1.74. The minimum atomic E-state index is -1.30. The van der Waals surface area contributed by atoms with E-state index in [0.717, 1.165) is 18.4 Å². The molecular weight excluding hydrogens is 363 g/mol. The van der Waals surface area contributed by atoms with Crippen LogP contribution >= 0.6 is 15.9 Å². The Morgan fingerprint density at radius 2 is 2.13 bits per heavy atom. The Kier molecular flexibility index (Phi) is 7.90. The van der Waals surface area contributed by atoms with Crippen molar-refractivity contribution in [2.24, 2.45) is 11.8 Å². The van der Waals surface area contributed by atoms with Crippen molar-refractivity contribution in [1.29, 1.82) is 5.26 Å². The molecule has 1 amide bonds. The minimum absolute atomic E-state index is 0.323. The molecule has 0 spiro atoms. The van der Waals surface area contributed by atoms with Crippen LogP contribution in [0.25, 0.3) is 0 Å². The fraction of sp³-hybridized carbons (Fsp3) is 0.471. The number of hydrogen-bond acceptors (Lipinski definition) is 3. The van der Waals surface area contributed by atoms with Gasteiger partial charge in [0.25, 0.3) is 0 Å². The zero-order chi connectivity index (χ0) is 17.4. The van der Waals surface area contributed by atoms with Crippen molar-refractivity contribution in [3.05, 3.63) is 34.1 Å². The molecular formula is C17H20BrFN2O2. The second-order valence-corrected chi connectivity index (χ2v) is 6.32. The van der Waals surface area contributed by atoms with E-state index in [2.05, 4.69) is 21.2 Å². The van der Waals surface area contributed by atoms with Crippen LogP contribution in [0, 0.1) is 29.0 Å². The van der Waals surface area contributed by atoms with Gasteiger partial charge >= 0.3 is 0 Å². The molecule has 0 saturated carbocycles. The van der Waals surface area contributed by atoms with Gasteiger partial charge in [0.2, 0.25) is 5.91 Å². The maximum absolute atomic E-state index is 13.2. The highest BCUT2D eigenvalue weighted by Gasteiger charge is 2.30. The maximum Gasteiger partial charge on any atom is 0.245 e. The van der Waals surface area contributed by atoms with E-state index < -0.39 is 23.5 Å². The molecule has 1 rings (SSSR count). The normalized spacial score (nSPS) is 13.0. The maximum atomic E-state index is 13.2. The number of rotatable bonds is 8. The molecule has 0 heterocycles. The number of nitrogens with one attached hydrogen (secondary N) is 1. The molecule has 124 valence electrons. The molecule has 4 nitrogen and oxygen atoms in total. The van der Waals surface area contributed by atoms with Crippen molar-refractivity contribution in [2.45, 2.75) is 33.1 Å². The fourth-order valence-electron chi connectivity index (χ4n) is 2.15. The van der Waals surface area contributed by atoms with Gasteiger partial charge in [-0.25, -0.2) is 4.39 Å². The molecule has 0 unspecified atom stereocenters. The van der Waals surface area contributed by atoms with E-state index in [4.69, 9.17) is 5.26 Å². The number of amides is 1. The summed E-state index contributed by atoms with van der Waals surface area (Å²) in [6.45, 7) is 4.12. The van der Waals surface area contributed by atoms with Crippen LogP contribution in [0.15, 0.2) is 22.7 Å². The minimum Gasteiger partial charge on any atom is -0.355 e. The first kappa shape index (κ1) is 19.3. The van der Waals surface area contributed by atoms with Gasteiger partial charge in [-0.15, -0.1) is 0 Å². The van der Waals surface area contributed by atoms with Crippen molar-refractivity contribution >= 4 is 27.6 Å². The lowest BCUT2D eigenvalue weighted by atomic mass is 9.89. The van der Waals surface area contributed by atoms with E-state index in [0.29, 0.717) is 17.4 Å². The van der Waals surface area contributed by atoms with Gasteiger partial charge in [0.05, 0.1) is 10.5 Å². The summed E-state index contributed by atoms with van der Waals surface area (Å²) in [6, 6.07) is 6.29. The van der Waals surface area contributed by atoms with Crippen LogP contribution in [0.1, 0.15) is 32.3 Å². The molecule has 0 saturated heterocycles. The average molecular weight is 383 g/mol. The number of ketones is 1. The smallest absolute Gasteiger partial charge is 0.245 e. The van der Waals surface area contributed by atoms with Gasteiger partial charge in [-0.2, -0.15) is 5.26 Å². The molecule has 0 aliphatic carbocycles. The number of nitriles is 1. The predicted molar refractivity (Wildman–Crippen MR) is 89.0 cm³/mol. The first-order valence-electron chi connectivity index (χ1n) is 7.55. The monoisotopic (exact) mass is 382 g/mol. The summed E-state index contributed by atoms with van der Waals surface area (Å²) < 4.78 is 13.5. The van der Waals surface area contributed by atoms with Crippen molar-refractivity contribution < 1.29 is 14.0 Å². The molecule has 1 N–H and O–H groups in total. The number of carbonyl (C=O) groups excluding carboxylic acids is 2. The molecule has 1 aromatic rings. The molecule has 0 aromatic heterocycles. The highest BCUT2D eigenvalue weighted by molar-refractivity contribution is 9.10. The van der Waals surface area contributed by atoms with Crippen LogP contribution in [0.4, 0.5) is 4.39 Å². The van der Waals surface area contributed by atoms with Crippen LogP contribution in [-0.2, 0) is 16.0 Å². The van der Waals surface area contributed by atoms with E-state index in [-0.39, 0.29) is 5.82 Å². The van der Waals surface area contributed by atoms with Gasteiger partial charge in [-0.05, 0) is 46.5 Å². The van der Waals surface area contributed by atoms with E-state index in [1.807, 2.05) is 6.92 Å². The van der Waals surface area contributed by atoms with E-state index in [1.54, 1.807) is 25.1 Å². The highest BCUT2D eigenvalue weighted by Crippen LogP contribution is 2.20. The van der Waals surface area contributed by atoms with Crippen LogP contribution in [0.3, 0.4) is 0 Å². The van der Waals surface area contributed by atoms with Gasteiger partial charge < -0.3 is 5.32 Å². The summed E-state index contributed by atoms with van der Waals surface area (Å²) >= 11 is 3.10. The van der Waals surface area contributed by atoms with Crippen molar-refractivity contribution in [3.63, 3.8) is 0 Å². The SMILES string of the molecule is CCCCNC(=O)[C@@H](C#N)C(=O)[C@@H](C)Cc1ccc(F)c(Br)c1. The van der Waals surface area contributed by atoms with Crippen LogP contribution in [0.5, 0.6) is 0 Å². The average Bonchev–Trinajstić information content (AvgIpc) is 2.51. The Morgan fingerprint density at radius 3 is 2.70 bits per heavy atom. The molecule has 0 aliphatic heterocycles. The van der Waals surface area contributed by atoms with Gasteiger partial charge in [0, 0.05) is 12.5 Å². The summed E-state index contributed by atoms with van der Waals surface area (Å²) in [6.07, 6.45) is 2.07. The summed E-state index contributed by atoms with van der Waals surface area (Å²) in [5.74, 6) is -3.14. The first-order chi connectivity index (χ1) is 10.9. The molecule has 2 atom stereocenters. The third-order valence-electron chi connectivity index (χ3n) is 3.52. The zero-order valence-corrected chi connectivity index (χ0v) is 14.8. The predicted octanol–water partition coefficient (Wildman–Crippen LogP) is 3.39. The second-order valence-electron chi connectivity index (χ2n) is 5.46. The second kappa shape index (κ2) is 9.41. The highest BCUT2D eigenvalue weighted by atomic mass is 79.9. The lowest BCUT2D eigenvalue weighted by Crippen LogP contribution is -2.37. The molecule has 0 aliphatic rings. The van der Waals surface area contributed by atoms with Crippen molar-refractivity contribution in [2.75, 3.05) is 6.54 Å². The Morgan fingerprint density at radius 1 is 1.43 bits per heavy atom. The van der Waals surface area contributed by atoms with Gasteiger partial charge in [-0.3, -0.25) is 9.59 Å².